The van der Waals surface area contributed by atoms with E-state index in [4.69, 9.17) is 15.2 Å². The van der Waals surface area contributed by atoms with Crippen molar-refractivity contribution in [3.05, 3.63) is 34.9 Å². The lowest BCUT2D eigenvalue weighted by Crippen LogP contribution is -2.32. The molecule has 21 heavy (non-hydrogen) atoms. The summed E-state index contributed by atoms with van der Waals surface area (Å²) in [7, 11) is 0. The Morgan fingerprint density at radius 1 is 1.57 bits per heavy atom. The Kier molecular flexibility index (Phi) is 4.69. The van der Waals surface area contributed by atoms with Crippen molar-refractivity contribution in [1.82, 2.24) is 0 Å². The Morgan fingerprint density at radius 3 is 2.90 bits per heavy atom. The number of carbonyl (C=O) groups is 1. The molecule has 112 valence electrons. The summed E-state index contributed by atoms with van der Waals surface area (Å²) < 4.78 is 10.5. The minimum Gasteiger partial charge on any atom is -0.463 e. The van der Waals surface area contributed by atoms with Gasteiger partial charge in [-0.15, -0.1) is 0 Å². The number of carbonyl (C=O) groups excluding carboxylic acids is 1. The minimum atomic E-state index is -0.421. The van der Waals surface area contributed by atoms with E-state index in [2.05, 4.69) is 18.2 Å². The molecule has 1 aliphatic carbocycles. The molecule has 0 aromatic rings. The zero-order chi connectivity index (χ0) is 15.4. The van der Waals surface area contributed by atoms with Crippen LogP contribution in [-0.2, 0) is 14.3 Å². The topological polar surface area (TPSA) is 85.3 Å². The van der Waals surface area contributed by atoms with E-state index < -0.39 is 5.97 Å². The third-order valence-electron chi connectivity index (χ3n) is 3.93. The SMILES string of the molecule is CCOC(=O)C1=C(C)OC(N)=C(C#N)[C@@H]1[C@H]1CC=CCC1. The van der Waals surface area contributed by atoms with Gasteiger partial charge in [-0.1, -0.05) is 12.2 Å². The van der Waals surface area contributed by atoms with Gasteiger partial charge in [-0.2, -0.15) is 5.26 Å². The molecule has 0 saturated carbocycles. The molecule has 0 spiro atoms. The van der Waals surface area contributed by atoms with Crippen LogP contribution in [0.5, 0.6) is 0 Å². The van der Waals surface area contributed by atoms with Gasteiger partial charge >= 0.3 is 5.97 Å². The number of esters is 1. The van der Waals surface area contributed by atoms with Crippen LogP contribution in [0.2, 0.25) is 0 Å². The highest BCUT2D eigenvalue weighted by atomic mass is 16.5. The van der Waals surface area contributed by atoms with Crippen molar-refractivity contribution in [2.75, 3.05) is 6.61 Å². The van der Waals surface area contributed by atoms with Gasteiger partial charge in [0.2, 0.25) is 5.88 Å². The summed E-state index contributed by atoms with van der Waals surface area (Å²) in [5.74, 6) is -0.0592. The predicted molar refractivity (Wildman–Crippen MR) is 77.2 cm³/mol. The van der Waals surface area contributed by atoms with Crippen LogP contribution in [0.1, 0.15) is 33.1 Å². The van der Waals surface area contributed by atoms with Crippen molar-refractivity contribution in [3.8, 4) is 6.07 Å². The molecule has 2 N–H and O–H groups in total. The average molecular weight is 288 g/mol. The second-order valence-electron chi connectivity index (χ2n) is 5.20. The summed E-state index contributed by atoms with van der Waals surface area (Å²) in [6.45, 7) is 3.73. The normalized spacial score (nSPS) is 25.4. The lowest BCUT2D eigenvalue weighted by molar-refractivity contribution is -0.139. The molecular weight excluding hydrogens is 268 g/mol. The summed E-state index contributed by atoms with van der Waals surface area (Å²) in [5.41, 5.74) is 6.61. The summed E-state index contributed by atoms with van der Waals surface area (Å²) in [5, 5.41) is 9.42. The summed E-state index contributed by atoms with van der Waals surface area (Å²) in [6, 6.07) is 2.11. The monoisotopic (exact) mass is 288 g/mol. The molecule has 2 rings (SSSR count). The molecule has 1 heterocycles. The van der Waals surface area contributed by atoms with Gasteiger partial charge in [0.05, 0.1) is 17.8 Å². The fraction of sp³-hybridized carbons (Fsp3) is 0.500. The summed E-state index contributed by atoms with van der Waals surface area (Å²) in [6.07, 6.45) is 6.88. The third-order valence-corrected chi connectivity index (χ3v) is 3.93. The van der Waals surface area contributed by atoms with Crippen LogP contribution < -0.4 is 5.73 Å². The molecular formula is C16H20N2O3. The highest BCUT2D eigenvalue weighted by Gasteiger charge is 2.39. The zero-order valence-electron chi connectivity index (χ0n) is 12.4. The number of rotatable bonds is 3. The maximum Gasteiger partial charge on any atom is 0.338 e. The van der Waals surface area contributed by atoms with Crippen LogP contribution in [0.25, 0.3) is 0 Å². The molecule has 0 aromatic heterocycles. The maximum atomic E-state index is 12.3. The van der Waals surface area contributed by atoms with Crippen LogP contribution in [0.3, 0.4) is 0 Å². The Morgan fingerprint density at radius 2 is 2.33 bits per heavy atom. The molecule has 0 radical (unpaired) electrons. The fourth-order valence-electron chi connectivity index (χ4n) is 2.99. The van der Waals surface area contributed by atoms with Crippen molar-refractivity contribution >= 4 is 5.97 Å². The molecule has 1 aliphatic heterocycles. The molecule has 5 nitrogen and oxygen atoms in total. The first kappa shape index (κ1) is 15.2. The van der Waals surface area contributed by atoms with E-state index in [1.807, 2.05) is 0 Å². The van der Waals surface area contributed by atoms with Gasteiger partial charge < -0.3 is 15.2 Å². The van der Waals surface area contributed by atoms with Crippen molar-refractivity contribution < 1.29 is 14.3 Å². The van der Waals surface area contributed by atoms with Gasteiger partial charge in [-0.05, 0) is 39.0 Å². The first-order valence-corrected chi connectivity index (χ1v) is 7.20. The van der Waals surface area contributed by atoms with Gasteiger partial charge in [0.15, 0.2) is 0 Å². The number of nitrogens with zero attached hydrogens (tertiary/aromatic N) is 1. The molecule has 0 unspecified atom stereocenters. The summed E-state index contributed by atoms with van der Waals surface area (Å²) >= 11 is 0. The van der Waals surface area contributed by atoms with Crippen LogP contribution in [0, 0.1) is 23.2 Å². The number of allylic oxidation sites excluding steroid dienone is 4. The molecule has 0 aromatic carbocycles. The first-order valence-electron chi connectivity index (χ1n) is 7.20. The van der Waals surface area contributed by atoms with Crippen LogP contribution in [0.15, 0.2) is 34.9 Å². The molecule has 5 heteroatoms. The van der Waals surface area contributed by atoms with Crippen LogP contribution >= 0.6 is 0 Å². The number of hydrogen-bond acceptors (Lipinski definition) is 5. The highest BCUT2D eigenvalue weighted by molar-refractivity contribution is 5.91. The van der Waals surface area contributed by atoms with Crippen molar-refractivity contribution in [3.63, 3.8) is 0 Å². The van der Waals surface area contributed by atoms with E-state index in [1.165, 1.54) is 0 Å². The van der Waals surface area contributed by atoms with E-state index >= 15 is 0 Å². The highest BCUT2D eigenvalue weighted by Crippen LogP contribution is 2.41. The number of nitriles is 1. The second kappa shape index (κ2) is 6.49. The second-order valence-corrected chi connectivity index (χ2v) is 5.20. The van der Waals surface area contributed by atoms with Crippen LogP contribution in [-0.4, -0.2) is 12.6 Å². The lowest BCUT2D eigenvalue weighted by atomic mass is 9.74. The Bertz CT molecular complexity index is 567. The molecule has 0 bridgehead atoms. The standard InChI is InChI=1S/C16H20N2O3/c1-3-20-16(19)13-10(2)21-15(18)12(9-17)14(13)11-7-5-4-6-8-11/h4-5,11,14H,3,6-8,18H2,1-2H3/t11-,14-/m0/s1. The Balaban J connectivity index is 2.44. The minimum absolute atomic E-state index is 0.0996. The zero-order valence-corrected chi connectivity index (χ0v) is 12.4. The predicted octanol–water partition coefficient (Wildman–Crippen LogP) is 2.52. The number of nitrogens with two attached hydrogens (primary N) is 1. The Labute approximate surface area is 124 Å². The largest absolute Gasteiger partial charge is 0.463 e. The molecule has 2 atom stereocenters. The number of hydrogen-bond donors (Lipinski definition) is 1. The van der Waals surface area contributed by atoms with Crippen molar-refractivity contribution in [1.29, 1.82) is 5.26 Å². The number of ether oxygens (including phenoxy) is 2. The lowest BCUT2D eigenvalue weighted by Gasteiger charge is -2.33. The first-order chi connectivity index (χ1) is 10.1. The van der Waals surface area contributed by atoms with E-state index in [-0.39, 0.29) is 24.3 Å². The van der Waals surface area contributed by atoms with E-state index in [0.29, 0.717) is 16.9 Å². The molecule has 0 fully saturated rings. The van der Waals surface area contributed by atoms with Gasteiger partial charge in [0.25, 0.3) is 0 Å². The van der Waals surface area contributed by atoms with E-state index in [1.54, 1.807) is 13.8 Å². The smallest absolute Gasteiger partial charge is 0.338 e. The fourth-order valence-corrected chi connectivity index (χ4v) is 2.99. The van der Waals surface area contributed by atoms with Gasteiger partial charge in [-0.3, -0.25) is 0 Å². The molecule has 2 aliphatic rings. The maximum absolute atomic E-state index is 12.3. The van der Waals surface area contributed by atoms with E-state index in [9.17, 15) is 10.1 Å². The van der Waals surface area contributed by atoms with Crippen molar-refractivity contribution in [2.24, 2.45) is 17.6 Å². The molecule has 0 saturated heterocycles. The average Bonchev–Trinajstić information content (AvgIpc) is 2.47. The van der Waals surface area contributed by atoms with Gasteiger partial charge in [0, 0.05) is 5.92 Å². The van der Waals surface area contributed by atoms with Gasteiger partial charge in [-0.25, -0.2) is 4.79 Å². The van der Waals surface area contributed by atoms with E-state index in [0.717, 1.165) is 19.3 Å². The summed E-state index contributed by atoms with van der Waals surface area (Å²) in [4.78, 5) is 12.3. The Hall–Kier alpha value is -2.22. The van der Waals surface area contributed by atoms with Crippen LogP contribution in [0.4, 0.5) is 0 Å². The van der Waals surface area contributed by atoms with Crippen molar-refractivity contribution in [2.45, 2.75) is 33.1 Å². The quantitative estimate of drug-likeness (QED) is 0.637. The third kappa shape index (κ3) is 2.94. The van der Waals surface area contributed by atoms with Gasteiger partial charge in [0.1, 0.15) is 11.8 Å². The molecule has 0 amide bonds.